The molecule has 1 aliphatic carbocycles. The Morgan fingerprint density at radius 1 is 1.12 bits per heavy atom. The van der Waals surface area contributed by atoms with Crippen molar-refractivity contribution < 1.29 is 13.5 Å². The fourth-order valence-corrected chi connectivity index (χ4v) is 3.01. The standard InChI is InChI=1S/C18H18F2N3O/c19-14-8-12(9-15(20)18(14)23-6-1-2-7-23)16-10-21-11-17(22-16)24-13-4-3-5-13/h1,8-11,13H,2-7H2. The second kappa shape index (κ2) is 6.34. The van der Waals surface area contributed by atoms with E-state index in [0.717, 1.165) is 25.7 Å². The number of ether oxygens (including phenoxy) is 1. The van der Waals surface area contributed by atoms with Gasteiger partial charge < -0.3 is 9.64 Å². The number of rotatable bonds is 4. The largest absolute Gasteiger partial charge is 0.473 e. The zero-order valence-electron chi connectivity index (χ0n) is 13.2. The molecule has 4 rings (SSSR count). The van der Waals surface area contributed by atoms with Gasteiger partial charge in [0.05, 0.1) is 18.1 Å². The SMILES string of the molecule is Fc1cc(-c2cncc(OC3CCC3)n2)cc(F)c1N1C[CH]CC1. The number of aromatic nitrogens is 2. The summed E-state index contributed by atoms with van der Waals surface area (Å²) in [5.41, 5.74) is 0.801. The number of hydrogen-bond acceptors (Lipinski definition) is 4. The van der Waals surface area contributed by atoms with Crippen LogP contribution in [0.5, 0.6) is 5.88 Å². The van der Waals surface area contributed by atoms with Gasteiger partial charge in [0, 0.05) is 18.7 Å². The molecule has 24 heavy (non-hydrogen) atoms. The summed E-state index contributed by atoms with van der Waals surface area (Å²) in [5, 5.41) is 0. The fourth-order valence-electron chi connectivity index (χ4n) is 3.01. The third-order valence-corrected chi connectivity index (χ3v) is 4.53. The average Bonchev–Trinajstić information content (AvgIpc) is 3.04. The van der Waals surface area contributed by atoms with E-state index in [1.165, 1.54) is 24.5 Å². The maximum atomic E-state index is 14.4. The van der Waals surface area contributed by atoms with Gasteiger partial charge in [-0.3, -0.25) is 4.98 Å². The molecular weight excluding hydrogens is 312 g/mol. The second-order valence-corrected chi connectivity index (χ2v) is 6.23. The summed E-state index contributed by atoms with van der Waals surface area (Å²) >= 11 is 0. The minimum Gasteiger partial charge on any atom is -0.473 e. The van der Waals surface area contributed by atoms with E-state index < -0.39 is 11.6 Å². The van der Waals surface area contributed by atoms with E-state index in [4.69, 9.17) is 4.74 Å². The van der Waals surface area contributed by atoms with Crippen LogP contribution in [0.3, 0.4) is 0 Å². The Morgan fingerprint density at radius 3 is 2.54 bits per heavy atom. The average molecular weight is 330 g/mol. The minimum atomic E-state index is -0.576. The first-order valence-corrected chi connectivity index (χ1v) is 8.25. The van der Waals surface area contributed by atoms with Crippen LogP contribution >= 0.6 is 0 Å². The van der Waals surface area contributed by atoms with E-state index in [2.05, 4.69) is 9.97 Å². The number of halogens is 2. The van der Waals surface area contributed by atoms with E-state index in [1.807, 2.05) is 6.42 Å². The van der Waals surface area contributed by atoms with Crippen molar-refractivity contribution in [2.24, 2.45) is 0 Å². The molecule has 1 saturated heterocycles. The lowest BCUT2D eigenvalue weighted by molar-refractivity contribution is 0.114. The van der Waals surface area contributed by atoms with Gasteiger partial charge in [-0.15, -0.1) is 0 Å². The summed E-state index contributed by atoms with van der Waals surface area (Å²) in [4.78, 5) is 10.1. The van der Waals surface area contributed by atoms with Crippen molar-refractivity contribution in [3.63, 3.8) is 0 Å². The third kappa shape index (κ3) is 2.92. The molecule has 6 heteroatoms. The highest BCUT2D eigenvalue weighted by atomic mass is 19.1. The molecule has 0 unspecified atom stereocenters. The molecule has 1 radical (unpaired) electrons. The Hall–Kier alpha value is -2.24. The maximum Gasteiger partial charge on any atom is 0.233 e. The van der Waals surface area contributed by atoms with Gasteiger partial charge in [-0.25, -0.2) is 13.8 Å². The second-order valence-electron chi connectivity index (χ2n) is 6.23. The van der Waals surface area contributed by atoms with Crippen molar-refractivity contribution in [3.8, 4) is 17.1 Å². The van der Waals surface area contributed by atoms with Crippen LogP contribution in [0.25, 0.3) is 11.3 Å². The first kappa shape index (κ1) is 15.3. The molecule has 0 N–H and O–H groups in total. The van der Waals surface area contributed by atoms with Gasteiger partial charge in [0.1, 0.15) is 23.4 Å². The predicted octanol–water partition coefficient (Wildman–Crippen LogP) is 3.77. The highest BCUT2D eigenvalue weighted by Gasteiger charge is 2.23. The van der Waals surface area contributed by atoms with E-state index in [-0.39, 0.29) is 11.8 Å². The summed E-state index contributed by atoms with van der Waals surface area (Å²) in [6.45, 7) is 1.20. The number of hydrogen-bond donors (Lipinski definition) is 0. The van der Waals surface area contributed by atoms with Gasteiger partial charge in [-0.05, 0) is 44.2 Å². The lowest BCUT2D eigenvalue weighted by Gasteiger charge is -2.25. The quantitative estimate of drug-likeness (QED) is 0.855. The van der Waals surface area contributed by atoms with Gasteiger partial charge >= 0.3 is 0 Å². The van der Waals surface area contributed by atoms with Gasteiger partial charge in [-0.1, -0.05) is 0 Å². The molecule has 1 aromatic carbocycles. The molecule has 125 valence electrons. The van der Waals surface area contributed by atoms with E-state index >= 15 is 0 Å². The fraction of sp³-hybridized carbons (Fsp3) is 0.389. The van der Waals surface area contributed by atoms with Crippen molar-refractivity contribution in [3.05, 3.63) is 42.6 Å². The highest BCUT2D eigenvalue weighted by molar-refractivity contribution is 5.64. The summed E-state index contributed by atoms with van der Waals surface area (Å²) < 4.78 is 34.6. The zero-order chi connectivity index (χ0) is 16.5. The lowest BCUT2D eigenvalue weighted by atomic mass is 9.96. The Bertz CT molecular complexity index is 720. The van der Waals surface area contributed by atoms with Gasteiger partial charge in [0.15, 0.2) is 0 Å². The summed E-state index contributed by atoms with van der Waals surface area (Å²) in [5.74, 6) is -0.754. The van der Waals surface area contributed by atoms with E-state index in [1.54, 1.807) is 4.90 Å². The molecule has 0 amide bonds. The van der Waals surface area contributed by atoms with Crippen molar-refractivity contribution in [1.29, 1.82) is 0 Å². The number of anilines is 1. The van der Waals surface area contributed by atoms with Crippen LogP contribution in [-0.4, -0.2) is 29.2 Å². The first-order valence-electron chi connectivity index (χ1n) is 8.25. The third-order valence-electron chi connectivity index (χ3n) is 4.53. The maximum absolute atomic E-state index is 14.4. The lowest BCUT2D eigenvalue weighted by Crippen LogP contribution is -2.25. The van der Waals surface area contributed by atoms with Crippen LogP contribution in [0, 0.1) is 18.1 Å². The summed E-state index contributed by atoms with van der Waals surface area (Å²) in [6.07, 6.45) is 9.23. The molecular formula is C18H18F2N3O. The summed E-state index contributed by atoms with van der Waals surface area (Å²) in [6, 6.07) is 2.63. The molecule has 0 atom stereocenters. The Balaban J connectivity index is 1.62. The first-order chi connectivity index (χ1) is 11.7. The molecule has 1 aromatic heterocycles. The molecule has 2 aliphatic rings. The van der Waals surface area contributed by atoms with Crippen LogP contribution < -0.4 is 9.64 Å². The molecule has 2 fully saturated rings. The normalized spacial score (nSPS) is 17.8. The van der Waals surface area contributed by atoms with Crippen molar-refractivity contribution in [2.45, 2.75) is 31.8 Å². The van der Waals surface area contributed by atoms with Crippen LogP contribution in [0.4, 0.5) is 14.5 Å². The Morgan fingerprint density at radius 2 is 1.92 bits per heavy atom. The molecule has 4 nitrogen and oxygen atoms in total. The Labute approximate surface area is 139 Å². The van der Waals surface area contributed by atoms with E-state index in [9.17, 15) is 8.78 Å². The molecule has 1 aliphatic heterocycles. The van der Waals surface area contributed by atoms with Crippen LogP contribution in [0.2, 0.25) is 0 Å². The molecule has 2 aromatic rings. The number of nitrogens with zero attached hydrogens (tertiary/aromatic N) is 3. The van der Waals surface area contributed by atoms with Gasteiger partial charge in [-0.2, -0.15) is 0 Å². The van der Waals surface area contributed by atoms with Gasteiger partial charge in [0.25, 0.3) is 0 Å². The zero-order valence-corrected chi connectivity index (χ0v) is 13.2. The molecule has 0 bridgehead atoms. The van der Waals surface area contributed by atoms with Gasteiger partial charge in [0.2, 0.25) is 5.88 Å². The smallest absolute Gasteiger partial charge is 0.233 e. The van der Waals surface area contributed by atoms with Crippen LogP contribution in [-0.2, 0) is 0 Å². The molecule has 1 saturated carbocycles. The molecule has 0 spiro atoms. The van der Waals surface area contributed by atoms with Crippen LogP contribution in [0.15, 0.2) is 24.5 Å². The molecule has 2 heterocycles. The van der Waals surface area contributed by atoms with Crippen LogP contribution in [0.1, 0.15) is 25.7 Å². The summed E-state index contributed by atoms with van der Waals surface area (Å²) in [7, 11) is 0. The minimum absolute atomic E-state index is 0.0299. The highest BCUT2D eigenvalue weighted by Crippen LogP contribution is 2.31. The number of benzene rings is 1. The monoisotopic (exact) mass is 330 g/mol. The Kier molecular flexibility index (Phi) is 4.04. The predicted molar refractivity (Wildman–Crippen MR) is 86.8 cm³/mol. The van der Waals surface area contributed by atoms with Crippen molar-refractivity contribution in [1.82, 2.24) is 9.97 Å². The topological polar surface area (TPSA) is 38.3 Å². The van der Waals surface area contributed by atoms with Crippen molar-refractivity contribution in [2.75, 3.05) is 18.0 Å². The van der Waals surface area contributed by atoms with Crippen molar-refractivity contribution >= 4 is 5.69 Å². The van der Waals surface area contributed by atoms with E-state index in [0.29, 0.717) is 30.2 Å².